The van der Waals surface area contributed by atoms with Gasteiger partial charge in [0.05, 0.1) is 31.6 Å². The SMILES string of the molecule is CNC(Cc1c(C)nn(C)c1Cl)C1COCCO1. The quantitative estimate of drug-likeness (QED) is 0.887. The molecule has 0 amide bonds. The summed E-state index contributed by atoms with van der Waals surface area (Å²) in [7, 11) is 3.79. The highest BCUT2D eigenvalue weighted by Crippen LogP contribution is 2.22. The molecule has 5 nitrogen and oxygen atoms in total. The van der Waals surface area contributed by atoms with E-state index in [9.17, 15) is 0 Å². The van der Waals surface area contributed by atoms with Gasteiger partial charge in [0.15, 0.2) is 0 Å². The molecule has 2 unspecified atom stereocenters. The normalized spacial score (nSPS) is 22.1. The summed E-state index contributed by atoms with van der Waals surface area (Å²) in [5.74, 6) is 0. The Hall–Kier alpha value is -0.620. The van der Waals surface area contributed by atoms with Crippen molar-refractivity contribution in [3.05, 3.63) is 16.4 Å². The van der Waals surface area contributed by atoms with E-state index in [4.69, 9.17) is 21.1 Å². The summed E-state index contributed by atoms with van der Waals surface area (Å²) in [5.41, 5.74) is 2.05. The number of likely N-dealkylation sites (N-methyl/N-ethyl adjacent to an activating group) is 1. The third kappa shape index (κ3) is 2.85. The molecule has 0 aliphatic carbocycles. The van der Waals surface area contributed by atoms with Gasteiger partial charge in [0.25, 0.3) is 0 Å². The van der Waals surface area contributed by atoms with Gasteiger partial charge in [-0.1, -0.05) is 11.6 Å². The summed E-state index contributed by atoms with van der Waals surface area (Å²) in [6.07, 6.45) is 0.864. The van der Waals surface area contributed by atoms with Crippen molar-refractivity contribution in [1.82, 2.24) is 15.1 Å². The van der Waals surface area contributed by atoms with Gasteiger partial charge in [0.2, 0.25) is 0 Å². The summed E-state index contributed by atoms with van der Waals surface area (Å²) >= 11 is 6.25. The predicted octanol–water partition coefficient (Wildman–Crippen LogP) is 0.928. The van der Waals surface area contributed by atoms with Gasteiger partial charge in [-0.25, -0.2) is 0 Å². The molecule has 0 radical (unpaired) electrons. The molecule has 1 aliphatic rings. The highest BCUT2D eigenvalue weighted by molar-refractivity contribution is 6.30. The average molecular weight is 274 g/mol. The minimum atomic E-state index is 0.0689. The van der Waals surface area contributed by atoms with Gasteiger partial charge in [0.1, 0.15) is 5.15 Å². The van der Waals surface area contributed by atoms with Crippen LogP contribution in [-0.2, 0) is 22.9 Å². The second kappa shape index (κ2) is 6.02. The van der Waals surface area contributed by atoms with Crippen molar-refractivity contribution >= 4 is 11.6 Å². The van der Waals surface area contributed by atoms with Crippen LogP contribution in [0.5, 0.6) is 0 Å². The number of aromatic nitrogens is 2. The van der Waals surface area contributed by atoms with Crippen LogP contribution in [-0.4, -0.2) is 48.8 Å². The van der Waals surface area contributed by atoms with E-state index in [0.29, 0.717) is 25.0 Å². The lowest BCUT2D eigenvalue weighted by Crippen LogP contribution is -2.46. The van der Waals surface area contributed by atoms with Crippen molar-refractivity contribution in [2.75, 3.05) is 26.9 Å². The van der Waals surface area contributed by atoms with Gasteiger partial charge < -0.3 is 14.8 Å². The summed E-state index contributed by atoms with van der Waals surface area (Å²) in [5, 5.41) is 8.31. The van der Waals surface area contributed by atoms with Crippen LogP contribution in [0.2, 0.25) is 5.15 Å². The van der Waals surface area contributed by atoms with Crippen LogP contribution in [0.4, 0.5) is 0 Å². The topological polar surface area (TPSA) is 48.3 Å². The molecule has 0 aromatic carbocycles. The highest BCUT2D eigenvalue weighted by Gasteiger charge is 2.26. The van der Waals surface area contributed by atoms with Gasteiger partial charge in [0, 0.05) is 18.7 Å². The van der Waals surface area contributed by atoms with Crippen LogP contribution < -0.4 is 5.32 Å². The molecule has 0 saturated carbocycles. The number of rotatable bonds is 4. The first kappa shape index (κ1) is 13.8. The Kier molecular flexibility index (Phi) is 4.61. The smallest absolute Gasteiger partial charge is 0.130 e. The summed E-state index contributed by atoms with van der Waals surface area (Å²) in [6.45, 7) is 3.94. The van der Waals surface area contributed by atoms with E-state index in [1.54, 1.807) is 4.68 Å². The fourth-order valence-corrected chi connectivity index (χ4v) is 2.54. The first-order valence-corrected chi connectivity index (χ1v) is 6.56. The third-order valence-corrected chi connectivity index (χ3v) is 3.83. The molecule has 1 aliphatic heterocycles. The molecule has 2 atom stereocenters. The molecule has 1 fully saturated rings. The minimum absolute atomic E-state index is 0.0689. The van der Waals surface area contributed by atoms with Crippen LogP contribution in [0.15, 0.2) is 0 Å². The fraction of sp³-hybridized carbons (Fsp3) is 0.750. The first-order valence-electron chi connectivity index (χ1n) is 6.18. The number of nitrogens with one attached hydrogen (secondary N) is 1. The van der Waals surface area contributed by atoms with Crippen molar-refractivity contribution in [2.45, 2.75) is 25.5 Å². The van der Waals surface area contributed by atoms with Gasteiger partial charge in [-0.2, -0.15) is 5.10 Å². The maximum Gasteiger partial charge on any atom is 0.130 e. The zero-order valence-electron chi connectivity index (χ0n) is 11.1. The van der Waals surface area contributed by atoms with E-state index in [1.165, 1.54) is 0 Å². The first-order chi connectivity index (χ1) is 8.63. The number of halogens is 1. The molecule has 1 aromatic heterocycles. The number of ether oxygens (including phenoxy) is 2. The summed E-state index contributed by atoms with van der Waals surface area (Å²) in [4.78, 5) is 0. The van der Waals surface area contributed by atoms with E-state index in [0.717, 1.165) is 17.7 Å². The van der Waals surface area contributed by atoms with Gasteiger partial charge in [-0.05, 0) is 20.4 Å². The molecule has 1 N–H and O–H groups in total. The lowest BCUT2D eigenvalue weighted by Gasteiger charge is -2.30. The van der Waals surface area contributed by atoms with Crippen molar-refractivity contribution in [2.24, 2.45) is 7.05 Å². The lowest BCUT2D eigenvalue weighted by atomic mass is 10.0. The van der Waals surface area contributed by atoms with Gasteiger partial charge >= 0.3 is 0 Å². The van der Waals surface area contributed by atoms with E-state index >= 15 is 0 Å². The maximum atomic E-state index is 6.25. The molecule has 0 bridgehead atoms. The molecule has 2 heterocycles. The predicted molar refractivity (Wildman–Crippen MR) is 70.1 cm³/mol. The van der Waals surface area contributed by atoms with Crippen molar-refractivity contribution in [1.29, 1.82) is 0 Å². The average Bonchev–Trinajstić information content (AvgIpc) is 2.62. The Bertz CT molecular complexity index is 402. The number of hydrogen-bond acceptors (Lipinski definition) is 4. The molecule has 0 spiro atoms. The Labute approximate surface area is 112 Å². The van der Waals surface area contributed by atoms with Gasteiger partial charge in [-0.3, -0.25) is 4.68 Å². The van der Waals surface area contributed by atoms with E-state index in [2.05, 4.69) is 10.4 Å². The van der Waals surface area contributed by atoms with Crippen LogP contribution in [0.1, 0.15) is 11.3 Å². The highest BCUT2D eigenvalue weighted by atomic mass is 35.5. The third-order valence-electron chi connectivity index (χ3n) is 3.36. The molecule has 102 valence electrons. The van der Waals surface area contributed by atoms with Crippen molar-refractivity contribution in [3.63, 3.8) is 0 Å². The Morgan fingerprint density at radius 3 is 2.83 bits per heavy atom. The second-order valence-electron chi connectivity index (χ2n) is 4.56. The van der Waals surface area contributed by atoms with Gasteiger partial charge in [-0.15, -0.1) is 0 Å². The summed E-state index contributed by atoms with van der Waals surface area (Å²) < 4.78 is 12.9. The van der Waals surface area contributed by atoms with Crippen molar-refractivity contribution in [3.8, 4) is 0 Å². The van der Waals surface area contributed by atoms with E-state index in [1.807, 2.05) is 21.0 Å². The Morgan fingerprint density at radius 1 is 1.56 bits per heavy atom. The molecule has 1 saturated heterocycles. The van der Waals surface area contributed by atoms with Crippen LogP contribution >= 0.6 is 11.6 Å². The standard InChI is InChI=1S/C12H20ClN3O2/c1-8-9(12(13)16(3)15-8)6-10(14-2)11-7-17-4-5-18-11/h10-11,14H,4-7H2,1-3H3. The van der Waals surface area contributed by atoms with E-state index in [-0.39, 0.29) is 12.1 Å². The molecular weight excluding hydrogens is 254 g/mol. The fourth-order valence-electron chi connectivity index (χ4n) is 2.28. The molecule has 1 aromatic rings. The zero-order valence-corrected chi connectivity index (χ0v) is 11.8. The van der Waals surface area contributed by atoms with E-state index < -0.39 is 0 Å². The monoisotopic (exact) mass is 273 g/mol. The Morgan fingerprint density at radius 2 is 2.33 bits per heavy atom. The molecule has 18 heavy (non-hydrogen) atoms. The number of nitrogens with zero attached hydrogens (tertiary/aromatic N) is 2. The molecule has 2 rings (SSSR count). The molecular formula is C12H20ClN3O2. The molecule has 6 heteroatoms. The number of hydrogen-bond donors (Lipinski definition) is 1. The van der Waals surface area contributed by atoms with Crippen LogP contribution in [0.3, 0.4) is 0 Å². The van der Waals surface area contributed by atoms with Crippen molar-refractivity contribution < 1.29 is 9.47 Å². The minimum Gasteiger partial charge on any atom is -0.376 e. The number of aryl methyl sites for hydroxylation is 2. The largest absolute Gasteiger partial charge is 0.376 e. The second-order valence-corrected chi connectivity index (χ2v) is 4.92. The van der Waals surface area contributed by atoms with Crippen LogP contribution in [0.25, 0.3) is 0 Å². The summed E-state index contributed by atoms with van der Waals surface area (Å²) in [6, 6.07) is 0.186. The van der Waals surface area contributed by atoms with Crippen LogP contribution in [0, 0.1) is 6.92 Å². The lowest BCUT2D eigenvalue weighted by molar-refractivity contribution is -0.100. The Balaban J connectivity index is 2.09. The zero-order chi connectivity index (χ0) is 13.1. The maximum absolute atomic E-state index is 6.25.